The predicted octanol–water partition coefficient (Wildman–Crippen LogP) is 1.91. The largest absolute Gasteiger partial charge is 0.348 e. The van der Waals surface area contributed by atoms with Gasteiger partial charge in [-0.1, -0.05) is 22.9 Å². The molecule has 0 bridgehead atoms. The van der Waals surface area contributed by atoms with Crippen molar-refractivity contribution in [3.63, 3.8) is 0 Å². The standard InChI is InChI=1S/C19H28BrN3O2/c1-13-4-7-16(8-5-13)21-18(24)11-23(3)12-19(25)22-17-9-6-15(20)10-14(17)2/h6,9-10,13,16H,4-5,7-8,11-12H2,1-3H3,(H,21,24)(H,22,25)/p+1. The number of halogens is 1. The van der Waals surface area contributed by atoms with Gasteiger partial charge < -0.3 is 15.5 Å². The van der Waals surface area contributed by atoms with Gasteiger partial charge in [0.1, 0.15) is 0 Å². The summed E-state index contributed by atoms with van der Waals surface area (Å²) < 4.78 is 0.986. The van der Waals surface area contributed by atoms with Crippen LogP contribution in [0.1, 0.15) is 38.2 Å². The Morgan fingerprint density at radius 1 is 1.16 bits per heavy atom. The van der Waals surface area contributed by atoms with Crippen LogP contribution >= 0.6 is 15.9 Å². The summed E-state index contributed by atoms with van der Waals surface area (Å²) in [4.78, 5) is 25.2. The summed E-state index contributed by atoms with van der Waals surface area (Å²) >= 11 is 3.41. The van der Waals surface area contributed by atoms with Gasteiger partial charge >= 0.3 is 0 Å². The summed E-state index contributed by atoms with van der Waals surface area (Å²) in [6.07, 6.45) is 4.50. The van der Waals surface area contributed by atoms with Crippen LogP contribution in [0.5, 0.6) is 0 Å². The van der Waals surface area contributed by atoms with Gasteiger partial charge in [0.15, 0.2) is 13.1 Å². The Morgan fingerprint density at radius 2 is 1.80 bits per heavy atom. The normalized spacial score (nSPS) is 21.4. The zero-order chi connectivity index (χ0) is 18.4. The maximum atomic E-state index is 12.2. The Labute approximate surface area is 158 Å². The molecule has 0 aliphatic heterocycles. The molecule has 1 aliphatic rings. The number of aryl methyl sites for hydroxylation is 1. The molecule has 1 unspecified atom stereocenters. The van der Waals surface area contributed by atoms with Crippen LogP contribution in [0.25, 0.3) is 0 Å². The molecule has 1 saturated carbocycles. The highest BCUT2D eigenvalue weighted by Crippen LogP contribution is 2.23. The van der Waals surface area contributed by atoms with Crippen molar-refractivity contribution < 1.29 is 14.5 Å². The molecule has 1 fully saturated rings. The van der Waals surface area contributed by atoms with Gasteiger partial charge in [-0.05, 0) is 62.3 Å². The van der Waals surface area contributed by atoms with E-state index in [1.54, 1.807) is 0 Å². The van der Waals surface area contributed by atoms with Crippen LogP contribution in [0, 0.1) is 12.8 Å². The van der Waals surface area contributed by atoms with Crippen molar-refractivity contribution in [2.75, 3.05) is 25.5 Å². The molecule has 1 aromatic rings. The average Bonchev–Trinajstić information content (AvgIpc) is 2.52. The van der Waals surface area contributed by atoms with Gasteiger partial charge in [-0.15, -0.1) is 0 Å². The summed E-state index contributed by atoms with van der Waals surface area (Å²) in [6.45, 7) is 4.81. The Bertz CT molecular complexity index is 613. The van der Waals surface area contributed by atoms with E-state index in [0.717, 1.165) is 39.4 Å². The number of nitrogens with one attached hydrogen (secondary N) is 3. The highest BCUT2D eigenvalue weighted by atomic mass is 79.9. The van der Waals surface area contributed by atoms with Crippen LogP contribution in [0.2, 0.25) is 0 Å². The van der Waals surface area contributed by atoms with Crippen LogP contribution in [0.3, 0.4) is 0 Å². The second-order valence-corrected chi connectivity index (χ2v) is 8.26. The zero-order valence-electron chi connectivity index (χ0n) is 15.3. The highest BCUT2D eigenvalue weighted by molar-refractivity contribution is 9.10. The number of likely N-dealkylation sites (N-methyl/N-ethyl adjacent to an activating group) is 1. The van der Waals surface area contributed by atoms with Gasteiger partial charge in [-0.25, -0.2) is 0 Å². The molecular weight excluding hydrogens is 382 g/mol. The van der Waals surface area contributed by atoms with Gasteiger partial charge in [-0.3, -0.25) is 9.59 Å². The van der Waals surface area contributed by atoms with E-state index in [-0.39, 0.29) is 18.4 Å². The number of carbonyl (C=O) groups is 2. The van der Waals surface area contributed by atoms with E-state index in [0.29, 0.717) is 12.6 Å². The molecule has 138 valence electrons. The smallest absolute Gasteiger partial charge is 0.279 e. The lowest BCUT2D eigenvalue weighted by molar-refractivity contribution is -0.862. The van der Waals surface area contributed by atoms with E-state index < -0.39 is 0 Å². The molecular formula is C19H29BrN3O2+. The molecule has 0 spiro atoms. The minimum absolute atomic E-state index is 0.0321. The summed E-state index contributed by atoms with van der Waals surface area (Å²) in [6, 6.07) is 6.04. The summed E-state index contributed by atoms with van der Waals surface area (Å²) in [5, 5.41) is 6.03. The lowest BCUT2D eigenvalue weighted by atomic mass is 9.87. The molecule has 0 heterocycles. The van der Waals surface area contributed by atoms with E-state index in [4.69, 9.17) is 0 Å². The maximum absolute atomic E-state index is 12.2. The first-order valence-electron chi connectivity index (χ1n) is 9.00. The van der Waals surface area contributed by atoms with E-state index in [1.165, 1.54) is 12.8 Å². The molecule has 0 aromatic heterocycles. The van der Waals surface area contributed by atoms with Crippen molar-refractivity contribution in [2.45, 2.75) is 45.6 Å². The van der Waals surface area contributed by atoms with E-state index in [1.807, 2.05) is 32.2 Å². The van der Waals surface area contributed by atoms with Crippen LogP contribution in [-0.4, -0.2) is 38.0 Å². The molecule has 0 saturated heterocycles. The van der Waals surface area contributed by atoms with Crippen LogP contribution in [0.15, 0.2) is 22.7 Å². The third-order valence-electron chi connectivity index (χ3n) is 4.77. The van der Waals surface area contributed by atoms with Gasteiger partial charge in [0.25, 0.3) is 11.8 Å². The lowest BCUT2D eigenvalue weighted by Crippen LogP contribution is -3.11. The van der Waals surface area contributed by atoms with E-state index >= 15 is 0 Å². The molecule has 1 atom stereocenters. The fourth-order valence-electron chi connectivity index (χ4n) is 3.26. The average molecular weight is 411 g/mol. The topological polar surface area (TPSA) is 62.6 Å². The predicted molar refractivity (Wildman–Crippen MR) is 104 cm³/mol. The van der Waals surface area contributed by atoms with E-state index in [2.05, 4.69) is 33.5 Å². The number of rotatable bonds is 6. The van der Waals surface area contributed by atoms with Crippen molar-refractivity contribution in [1.82, 2.24) is 5.32 Å². The molecule has 0 radical (unpaired) electrons. The number of hydrogen-bond donors (Lipinski definition) is 3. The number of anilines is 1. The number of hydrogen-bond acceptors (Lipinski definition) is 2. The molecule has 5 nitrogen and oxygen atoms in total. The quantitative estimate of drug-likeness (QED) is 0.670. The third kappa shape index (κ3) is 6.78. The Hall–Kier alpha value is -1.40. The van der Waals surface area contributed by atoms with Gasteiger partial charge in [0, 0.05) is 16.2 Å². The molecule has 3 N–H and O–H groups in total. The maximum Gasteiger partial charge on any atom is 0.279 e. The fourth-order valence-corrected chi connectivity index (χ4v) is 3.73. The number of quaternary nitrogens is 1. The van der Waals surface area contributed by atoms with Crippen molar-refractivity contribution in [3.05, 3.63) is 28.2 Å². The summed E-state index contributed by atoms with van der Waals surface area (Å²) in [7, 11) is 1.87. The van der Waals surface area contributed by atoms with Gasteiger partial charge in [0.05, 0.1) is 7.05 Å². The third-order valence-corrected chi connectivity index (χ3v) is 5.26. The van der Waals surface area contributed by atoms with Crippen molar-refractivity contribution in [3.8, 4) is 0 Å². The molecule has 1 aliphatic carbocycles. The second-order valence-electron chi connectivity index (χ2n) is 7.34. The van der Waals surface area contributed by atoms with Crippen molar-refractivity contribution in [2.24, 2.45) is 5.92 Å². The van der Waals surface area contributed by atoms with Crippen molar-refractivity contribution in [1.29, 1.82) is 0 Å². The first-order valence-corrected chi connectivity index (χ1v) is 9.79. The summed E-state index contributed by atoms with van der Waals surface area (Å²) in [5.74, 6) is 0.721. The van der Waals surface area contributed by atoms with Gasteiger partial charge in [-0.2, -0.15) is 0 Å². The minimum Gasteiger partial charge on any atom is -0.348 e. The lowest BCUT2D eigenvalue weighted by Gasteiger charge is -2.27. The van der Waals surface area contributed by atoms with Crippen LogP contribution in [0.4, 0.5) is 5.69 Å². The second kappa shape index (κ2) is 9.34. The van der Waals surface area contributed by atoms with Crippen molar-refractivity contribution >= 4 is 33.4 Å². The molecule has 2 rings (SSSR count). The molecule has 2 amide bonds. The van der Waals surface area contributed by atoms with E-state index in [9.17, 15) is 9.59 Å². The summed E-state index contributed by atoms with van der Waals surface area (Å²) in [5.41, 5.74) is 1.81. The Kier molecular flexibility index (Phi) is 7.44. The minimum atomic E-state index is -0.0813. The highest BCUT2D eigenvalue weighted by Gasteiger charge is 2.21. The Balaban J connectivity index is 1.74. The number of benzene rings is 1. The molecule has 1 aromatic carbocycles. The zero-order valence-corrected chi connectivity index (χ0v) is 16.9. The molecule has 6 heteroatoms. The monoisotopic (exact) mass is 410 g/mol. The Morgan fingerprint density at radius 3 is 2.44 bits per heavy atom. The first-order chi connectivity index (χ1) is 11.8. The van der Waals surface area contributed by atoms with Crippen LogP contribution < -0.4 is 15.5 Å². The number of amides is 2. The fraction of sp³-hybridized carbons (Fsp3) is 0.579. The number of carbonyl (C=O) groups excluding carboxylic acids is 2. The van der Waals surface area contributed by atoms with Gasteiger partial charge in [0.2, 0.25) is 0 Å². The molecule has 25 heavy (non-hydrogen) atoms. The first kappa shape index (κ1) is 19.9. The van der Waals surface area contributed by atoms with Crippen LogP contribution in [-0.2, 0) is 9.59 Å². The SMILES string of the molecule is Cc1cc(Br)ccc1NC(=O)C[NH+](C)CC(=O)NC1CCC(C)CC1.